The smallest absolute Gasteiger partial charge is 0.140 e. The monoisotopic (exact) mass is 271 g/mol. The van der Waals surface area contributed by atoms with Crippen LogP contribution in [0.5, 0.6) is 0 Å². The molecule has 0 saturated heterocycles. The zero-order valence-electron chi connectivity index (χ0n) is 11.5. The Morgan fingerprint density at radius 1 is 1.40 bits per heavy atom. The fourth-order valence-electron chi connectivity index (χ4n) is 1.96. The summed E-state index contributed by atoms with van der Waals surface area (Å²) >= 11 is 0. The van der Waals surface area contributed by atoms with Crippen molar-refractivity contribution in [1.82, 2.24) is 9.97 Å². The molecule has 6 heteroatoms. The molecule has 0 bridgehead atoms. The number of hydrogen-bond acceptors (Lipinski definition) is 6. The van der Waals surface area contributed by atoms with Gasteiger partial charge in [-0.05, 0) is 11.6 Å². The predicted octanol–water partition coefficient (Wildman–Crippen LogP) is 1.66. The molecule has 1 heterocycles. The lowest BCUT2D eigenvalue weighted by molar-refractivity contribution is 0.185. The third-order valence-electron chi connectivity index (χ3n) is 2.89. The van der Waals surface area contributed by atoms with E-state index in [1.807, 2.05) is 24.3 Å². The Bertz CT molecular complexity index is 627. The van der Waals surface area contributed by atoms with Gasteiger partial charge in [0.05, 0.1) is 17.9 Å². The fourth-order valence-corrected chi connectivity index (χ4v) is 1.96. The average molecular weight is 271 g/mol. The zero-order chi connectivity index (χ0) is 14.5. The van der Waals surface area contributed by atoms with E-state index in [4.69, 9.17) is 15.9 Å². The van der Waals surface area contributed by atoms with Gasteiger partial charge in [-0.3, -0.25) is 5.41 Å². The standard InChI is InChI=1S/C14H17N5O/c1-17-14-11(13(16)18-8-19-14)12(15)10-5-3-4-9(6-10)7-20-2/h3-6,8,15H,7H2,1-2H3,(H3,16,17,18,19). The minimum Gasteiger partial charge on any atom is -0.383 e. The Labute approximate surface area is 117 Å². The maximum atomic E-state index is 8.34. The van der Waals surface area contributed by atoms with Crippen molar-refractivity contribution in [2.45, 2.75) is 6.61 Å². The maximum absolute atomic E-state index is 8.34. The summed E-state index contributed by atoms with van der Waals surface area (Å²) in [5.41, 5.74) is 8.41. The first-order valence-electron chi connectivity index (χ1n) is 6.12. The minimum absolute atomic E-state index is 0.283. The van der Waals surface area contributed by atoms with Gasteiger partial charge in [-0.2, -0.15) is 0 Å². The van der Waals surface area contributed by atoms with Crippen molar-refractivity contribution < 1.29 is 4.74 Å². The molecular weight excluding hydrogens is 254 g/mol. The molecule has 0 saturated carbocycles. The van der Waals surface area contributed by atoms with Crippen LogP contribution in [0.2, 0.25) is 0 Å². The number of nitrogens with zero attached hydrogens (tertiary/aromatic N) is 2. The number of nitrogen functional groups attached to an aromatic ring is 1. The molecule has 0 fully saturated rings. The first-order valence-corrected chi connectivity index (χ1v) is 6.12. The van der Waals surface area contributed by atoms with Crippen molar-refractivity contribution in [1.29, 1.82) is 5.41 Å². The van der Waals surface area contributed by atoms with E-state index in [0.717, 1.165) is 11.1 Å². The zero-order valence-corrected chi connectivity index (χ0v) is 11.5. The third-order valence-corrected chi connectivity index (χ3v) is 2.89. The van der Waals surface area contributed by atoms with Gasteiger partial charge in [0.2, 0.25) is 0 Å². The lowest BCUT2D eigenvalue weighted by atomic mass is 10.0. The second-order valence-electron chi connectivity index (χ2n) is 4.24. The predicted molar refractivity (Wildman–Crippen MR) is 79.1 cm³/mol. The highest BCUT2D eigenvalue weighted by atomic mass is 16.5. The van der Waals surface area contributed by atoms with E-state index in [1.54, 1.807) is 14.2 Å². The average Bonchev–Trinajstić information content (AvgIpc) is 2.47. The molecule has 0 aliphatic heterocycles. The number of anilines is 2. The number of rotatable bonds is 5. The highest BCUT2D eigenvalue weighted by molar-refractivity contribution is 6.16. The van der Waals surface area contributed by atoms with Gasteiger partial charge in [0.25, 0.3) is 0 Å². The summed E-state index contributed by atoms with van der Waals surface area (Å²) in [4.78, 5) is 8.05. The van der Waals surface area contributed by atoms with E-state index in [2.05, 4.69) is 15.3 Å². The third kappa shape index (κ3) is 2.75. The SMILES string of the molecule is CNc1ncnc(N)c1C(=N)c1cccc(COC)c1. The molecule has 0 aliphatic rings. The molecule has 2 aromatic rings. The molecule has 104 valence electrons. The molecule has 0 spiro atoms. The van der Waals surface area contributed by atoms with Gasteiger partial charge in [0.15, 0.2) is 0 Å². The van der Waals surface area contributed by atoms with Gasteiger partial charge < -0.3 is 15.8 Å². The van der Waals surface area contributed by atoms with E-state index in [9.17, 15) is 0 Å². The first kappa shape index (κ1) is 14.0. The van der Waals surface area contributed by atoms with Crippen LogP contribution in [0, 0.1) is 5.41 Å². The first-order chi connectivity index (χ1) is 9.67. The molecular formula is C14H17N5O. The van der Waals surface area contributed by atoms with Crippen LogP contribution in [0.1, 0.15) is 16.7 Å². The van der Waals surface area contributed by atoms with Crippen molar-refractivity contribution in [3.8, 4) is 0 Å². The maximum Gasteiger partial charge on any atom is 0.140 e. The van der Waals surface area contributed by atoms with Crippen LogP contribution in [0.25, 0.3) is 0 Å². The highest BCUT2D eigenvalue weighted by Crippen LogP contribution is 2.21. The molecule has 0 aliphatic carbocycles. The normalized spacial score (nSPS) is 10.3. The molecule has 6 nitrogen and oxygen atoms in total. The summed E-state index contributed by atoms with van der Waals surface area (Å²) in [7, 11) is 3.38. The van der Waals surface area contributed by atoms with Crippen molar-refractivity contribution in [3.63, 3.8) is 0 Å². The second-order valence-corrected chi connectivity index (χ2v) is 4.24. The van der Waals surface area contributed by atoms with Gasteiger partial charge in [0.1, 0.15) is 18.0 Å². The molecule has 20 heavy (non-hydrogen) atoms. The number of nitrogens with one attached hydrogen (secondary N) is 2. The summed E-state index contributed by atoms with van der Waals surface area (Å²) in [6.45, 7) is 0.501. The number of nitrogens with two attached hydrogens (primary N) is 1. The van der Waals surface area contributed by atoms with Crippen LogP contribution >= 0.6 is 0 Å². The number of aromatic nitrogens is 2. The van der Waals surface area contributed by atoms with E-state index >= 15 is 0 Å². The van der Waals surface area contributed by atoms with Gasteiger partial charge in [-0.15, -0.1) is 0 Å². The van der Waals surface area contributed by atoms with Crippen molar-refractivity contribution in [2.75, 3.05) is 25.2 Å². The summed E-state index contributed by atoms with van der Waals surface area (Å²) in [5.74, 6) is 0.825. The summed E-state index contributed by atoms with van der Waals surface area (Å²) in [5, 5.41) is 11.3. The Hall–Kier alpha value is -2.47. The molecule has 0 unspecified atom stereocenters. The Morgan fingerprint density at radius 3 is 2.90 bits per heavy atom. The van der Waals surface area contributed by atoms with Crippen LogP contribution in [0.15, 0.2) is 30.6 Å². The Balaban J connectivity index is 2.43. The molecule has 0 amide bonds. The van der Waals surface area contributed by atoms with Crippen molar-refractivity contribution in [2.24, 2.45) is 0 Å². The summed E-state index contributed by atoms with van der Waals surface area (Å²) in [6.07, 6.45) is 1.37. The van der Waals surface area contributed by atoms with Crippen LogP contribution < -0.4 is 11.1 Å². The quantitative estimate of drug-likeness (QED) is 0.719. The number of hydrogen-bond donors (Lipinski definition) is 3. The molecule has 4 N–H and O–H groups in total. The lowest BCUT2D eigenvalue weighted by Crippen LogP contribution is -2.12. The number of benzene rings is 1. The van der Waals surface area contributed by atoms with Gasteiger partial charge in [-0.25, -0.2) is 9.97 Å². The number of ether oxygens (including phenoxy) is 1. The van der Waals surface area contributed by atoms with Crippen LogP contribution in [0.3, 0.4) is 0 Å². The summed E-state index contributed by atoms with van der Waals surface area (Å²) < 4.78 is 5.10. The van der Waals surface area contributed by atoms with E-state index < -0.39 is 0 Å². The van der Waals surface area contributed by atoms with Crippen LogP contribution in [-0.4, -0.2) is 29.8 Å². The minimum atomic E-state index is 0.283. The Morgan fingerprint density at radius 2 is 2.20 bits per heavy atom. The van der Waals surface area contributed by atoms with Crippen molar-refractivity contribution >= 4 is 17.3 Å². The topological polar surface area (TPSA) is 96.9 Å². The van der Waals surface area contributed by atoms with Gasteiger partial charge >= 0.3 is 0 Å². The summed E-state index contributed by atoms with van der Waals surface area (Å²) in [6, 6.07) is 7.59. The largest absolute Gasteiger partial charge is 0.383 e. The van der Waals surface area contributed by atoms with E-state index in [0.29, 0.717) is 18.0 Å². The Kier molecular flexibility index (Phi) is 4.27. The van der Waals surface area contributed by atoms with Crippen molar-refractivity contribution in [3.05, 3.63) is 47.3 Å². The highest BCUT2D eigenvalue weighted by Gasteiger charge is 2.15. The molecule has 2 rings (SSSR count). The van der Waals surface area contributed by atoms with E-state index in [1.165, 1.54) is 6.33 Å². The lowest BCUT2D eigenvalue weighted by Gasteiger charge is -2.12. The second kappa shape index (κ2) is 6.12. The molecule has 1 aromatic carbocycles. The van der Waals surface area contributed by atoms with Crippen LogP contribution in [-0.2, 0) is 11.3 Å². The molecule has 0 atom stereocenters. The number of methoxy groups -OCH3 is 1. The fraction of sp³-hybridized carbons (Fsp3) is 0.214. The molecule has 0 radical (unpaired) electrons. The van der Waals surface area contributed by atoms with E-state index in [-0.39, 0.29) is 11.5 Å². The van der Waals surface area contributed by atoms with Gasteiger partial charge in [0, 0.05) is 19.7 Å². The van der Waals surface area contributed by atoms with Crippen LogP contribution in [0.4, 0.5) is 11.6 Å². The molecule has 1 aromatic heterocycles. The van der Waals surface area contributed by atoms with Gasteiger partial charge in [-0.1, -0.05) is 18.2 Å².